The average Bonchev–Trinajstić information content (AvgIpc) is 2.55. The van der Waals surface area contributed by atoms with E-state index in [2.05, 4.69) is 46.8 Å². The number of carbonyl (C=O) groups excluding carboxylic acids is 1. The van der Waals surface area contributed by atoms with Gasteiger partial charge in [-0.05, 0) is 37.5 Å². The largest absolute Gasteiger partial charge is 0.380 e. The molecule has 1 heterocycles. The molecule has 4 heteroatoms. The molecule has 0 radical (unpaired) electrons. The number of benzene rings is 1. The zero-order chi connectivity index (χ0) is 16.7. The molecule has 0 saturated heterocycles. The van der Waals surface area contributed by atoms with E-state index in [0.717, 1.165) is 25.1 Å². The molecule has 122 valence electrons. The van der Waals surface area contributed by atoms with Crippen molar-refractivity contribution in [2.75, 3.05) is 10.6 Å². The van der Waals surface area contributed by atoms with Crippen LogP contribution in [0, 0.1) is 12.8 Å². The zero-order valence-corrected chi connectivity index (χ0v) is 14.1. The van der Waals surface area contributed by atoms with E-state index >= 15 is 0 Å². The quantitative estimate of drug-likeness (QED) is 0.798. The summed E-state index contributed by atoms with van der Waals surface area (Å²) in [6, 6.07) is 12.2. The fourth-order valence-corrected chi connectivity index (χ4v) is 2.49. The second-order valence-electron chi connectivity index (χ2n) is 5.78. The maximum atomic E-state index is 12.0. The Bertz CT molecular complexity index is 633. The van der Waals surface area contributed by atoms with Gasteiger partial charge in [0.1, 0.15) is 5.82 Å². The summed E-state index contributed by atoms with van der Waals surface area (Å²) in [4.78, 5) is 16.3. The second-order valence-corrected chi connectivity index (χ2v) is 5.78. The molecule has 2 rings (SSSR count). The molecule has 1 aromatic heterocycles. The summed E-state index contributed by atoms with van der Waals surface area (Å²) in [6.45, 7) is 6.89. The molecule has 2 N–H and O–H groups in total. The highest BCUT2D eigenvalue weighted by atomic mass is 16.1. The Kier molecular flexibility index (Phi) is 6.15. The summed E-state index contributed by atoms with van der Waals surface area (Å²) in [6.07, 6.45) is 3.44. The Balaban J connectivity index is 1.90. The Morgan fingerprint density at radius 1 is 1.17 bits per heavy atom. The molecule has 1 amide bonds. The number of rotatable bonds is 7. The van der Waals surface area contributed by atoms with Crippen molar-refractivity contribution >= 4 is 17.4 Å². The van der Waals surface area contributed by atoms with Crippen LogP contribution in [0.2, 0.25) is 0 Å². The summed E-state index contributed by atoms with van der Waals surface area (Å²) < 4.78 is 0. The van der Waals surface area contributed by atoms with Gasteiger partial charge in [0.15, 0.2) is 0 Å². The van der Waals surface area contributed by atoms with Crippen molar-refractivity contribution in [3.63, 3.8) is 0 Å². The van der Waals surface area contributed by atoms with Crippen LogP contribution in [0.1, 0.15) is 37.8 Å². The van der Waals surface area contributed by atoms with Gasteiger partial charge in [0, 0.05) is 12.5 Å². The maximum Gasteiger partial charge on any atom is 0.228 e. The first kappa shape index (κ1) is 17.0. The van der Waals surface area contributed by atoms with Gasteiger partial charge in [-0.15, -0.1) is 0 Å². The van der Waals surface area contributed by atoms with E-state index in [1.54, 1.807) is 6.20 Å². The average molecular weight is 311 g/mol. The van der Waals surface area contributed by atoms with Gasteiger partial charge in [0.2, 0.25) is 5.91 Å². The van der Waals surface area contributed by atoms with Crippen molar-refractivity contribution in [2.24, 2.45) is 5.92 Å². The van der Waals surface area contributed by atoms with Gasteiger partial charge in [-0.2, -0.15) is 0 Å². The maximum absolute atomic E-state index is 12.0. The van der Waals surface area contributed by atoms with Gasteiger partial charge in [-0.3, -0.25) is 4.79 Å². The van der Waals surface area contributed by atoms with E-state index in [1.165, 1.54) is 11.1 Å². The highest BCUT2D eigenvalue weighted by molar-refractivity contribution is 5.91. The lowest BCUT2D eigenvalue weighted by Crippen LogP contribution is -2.22. The third kappa shape index (κ3) is 5.09. The summed E-state index contributed by atoms with van der Waals surface area (Å²) in [5.41, 5.74) is 3.42. The zero-order valence-electron chi connectivity index (χ0n) is 14.1. The third-order valence-corrected chi connectivity index (χ3v) is 3.95. The molecule has 23 heavy (non-hydrogen) atoms. The summed E-state index contributed by atoms with van der Waals surface area (Å²) in [7, 11) is 0. The van der Waals surface area contributed by atoms with Crippen molar-refractivity contribution in [3.8, 4) is 0 Å². The van der Waals surface area contributed by atoms with Crippen LogP contribution in [0.5, 0.6) is 0 Å². The topological polar surface area (TPSA) is 54.0 Å². The van der Waals surface area contributed by atoms with E-state index < -0.39 is 0 Å². The lowest BCUT2D eigenvalue weighted by Gasteiger charge is -2.12. The lowest BCUT2D eigenvalue weighted by molar-refractivity contribution is -0.120. The minimum Gasteiger partial charge on any atom is -0.380 e. The van der Waals surface area contributed by atoms with Crippen LogP contribution < -0.4 is 10.6 Å². The standard InChI is InChI=1S/C19H25N3O/c1-4-16(5-2)19(23)22-18-10-9-17(13-21-18)20-12-15-8-6-7-14(3)11-15/h6-11,13,16,20H,4-5,12H2,1-3H3,(H,21,22,23). The summed E-state index contributed by atoms with van der Waals surface area (Å²) in [5.74, 6) is 0.696. The molecule has 4 nitrogen and oxygen atoms in total. The number of nitrogens with zero attached hydrogens (tertiary/aromatic N) is 1. The third-order valence-electron chi connectivity index (χ3n) is 3.95. The Labute approximate surface area is 138 Å². The number of hydrogen-bond acceptors (Lipinski definition) is 3. The van der Waals surface area contributed by atoms with E-state index in [1.807, 2.05) is 26.0 Å². The van der Waals surface area contributed by atoms with Crippen molar-refractivity contribution in [3.05, 3.63) is 53.7 Å². The molecule has 0 fully saturated rings. The van der Waals surface area contributed by atoms with Crippen LogP contribution in [0.3, 0.4) is 0 Å². The number of anilines is 2. The van der Waals surface area contributed by atoms with E-state index in [0.29, 0.717) is 5.82 Å². The Morgan fingerprint density at radius 3 is 2.57 bits per heavy atom. The van der Waals surface area contributed by atoms with Crippen LogP contribution in [-0.4, -0.2) is 10.9 Å². The van der Waals surface area contributed by atoms with Gasteiger partial charge >= 0.3 is 0 Å². The van der Waals surface area contributed by atoms with Crippen LogP contribution in [0.25, 0.3) is 0 Å². The fourth-order valence-electron chi connectivity index (χ4n) is 2.49. The molecular weight excluding hydrogens is 286 g/mol. The monoisotopic (exact) mass is 311 g/mol. The Morgan fingerprint density at radius 2 is 1.96 bits per heavy atom. The number of nitrogens with one attached hydrogen (secondary N) is 2. The number of amides is 1. The van der Waals surface area contributed by atoms with Crippen molar-refractivity contribution in [1.82, 2.24) is 4.98 Å². The molecule has 0 bridgehead atoms. The highest BCUT2D eigenvalue weighted by Gasteiger charge is 2.14. The van der Waals surface area contributed by atoms with E-state index in [4.69, 9.17) is 0 Å². The number of aryl methyl sites for hydroxylation is 1. The molecule has 2 aromatic rings. The van der Waals surface area contributed by atoms with Crippen molar-refractivity contribution in [2.45, 2.75) is 40.2 Å². The number of aromatic nitrogens is 1. The van der Waals surface area contributed by atoms with Gasteiger partial charge in [0.25, 0.3) is 0 Å². The van der Waals surface area contributed by atoms with Crippen molar-refractivity contribution < 1.29 is 4.79 Å². The first-order valence-corrected chi connectivity index (χ1v) is 8.18. The highest BCUT2D eigenvalue weighted by Crippen LogP contribution is 2.14. The molecule has 0 aliphatic carbocycles. The smallest absolute Gasteiger partial charge is 0.228 e. The molecule has 0 atom stereocenters. The first-order chi connectivity index (χ1) is 11.1. The van der Waals surface area contributed by atoms with Crippen molar-refractivity contribution in [1.29, 1.82) is 0 Å². The Hall–Kier alpha value is -2.36. The predicted molar refractivity (Wildman–Crippen MR) is 95.4 cm³/mol. The first-order valence-electron chi connectivity index (χ1n) is 8.18. The predicted octanol–water partition coefficient (Wildman–Crippen LogP) is 4.38. The molecule has 0 unspecified atom stereocenters. The normalized spacial score (nSPS) is 10.6. The van der Waals surface area contributed by atoms with Gasteiger partial charge in [-0.25, -0.2) is 4.98 Å². The van der Waals surface area contributed by atoms with Gasteiger partial charge in [0.05, 0.1) is 11.9 Å². The van der Waals surface area contributed by atoms with Crippen LogP contribution in [0.4, 0.5) is 11.5 Å². The molecule has 0 aliphatic heterocycles. The number of hydrogen-bond donors (Lipinski definition) is 2. The van der Waals surface area contributed by atoms with Crippen LogP contribution in [-0.2, 0) is 11.3 Å². The fraction of sp³-hybridized carbons (Fsp3) is 0.368. The number of pyridine rings is 1. The minimum atomic E-state index is 0.0444. The minimum absolute atomic E-state index is 0.0444. The molecule has 0 spiro atoms. The SMILES string of the molecule is CCC(CC)C(=O)Nc1ccc(NCc2cccc(C)c2)cn1. The molecule has 0 saturated carbocycles. The summed E-state index contributed by atoms with van der Waals surface area (Å²) in [5, 5.41) is 6.21. The number of carbonyl (C=O) groups is 1. The molecule has 1 aromatic carbocycles. The van der Waals surface area contributed by atoms with Gasteiger partial charge in [-0.1, -0.05) is 43.7 Å². The molecular formula is C19H25N3O. The second kappa shape index (κ2) is 8.32. The van der Waals surface area contributed by atoms with E-state index in [-0.39, 0.29) is 11.8 Å². The molecule has 0 aliphatic rings. The summed E-state index contributed by atoms with van der Waals surface area (Å²) >= 11 is 0. The van der Waals surface area contributed by atoms with E-state index in [9.17, 15) is 4.79 Å². The van der Waals surface area contributed by atoms with Crippen LogP contribution in [0.15, 0.2) is 42.6 Å². The van der Waals surface area contributed by atoms with Gasteiger partial charge < -0.3 is 10.6 Å². The van der Waals surface area contributed by atoms with Crippen LogP contribution >= 0.6 is 0 Å². The lowest BCUT2D eigenvalue weighted by atomic mass is 10.0.